The van der Waals surface area contributed by atoms with Gasteiger partial charge in [-0.3, -0.25) is 14.9 Å². The number of rotatable bonds is 6. The molecule has 2 atom stereocenters. The molecule has 1 aliphatic heterocycles. The lowest BCUT2D eigenvalue weighted by Crippen LogP contribution is -2.42. The normalized spacial score (nSPS) is 19.7. The van der Waals surface area contributed by atoms with Gasteiger partial charge in [0.25, 0.3) is 5.91 Å². The number of esters is 1. The molecule has 1 aliphatic rings. The molecule has 1 saturated heterocycles. The number of carbonyl (C=O) groups is 2. The lowest BCUT2D eigenvalue weighted by atomic mass is 10.2. The number of amides is 1. The van der Waals surface area contributed by atoms with E-state index in [0.717, 1.165) is 28.6 Å². The number of aliphatic hydroxyl groups is 1. The highest BCUT2D eigenvalue weighted by Gasteiger charge is 2.44. The number of nitrogens with one attached hydrogen (secondary N) is 1. The highest BCUT2D eigenvalue weighted by molar-refractivity contribution is 7.89. The van der Waals surface area contributed by atoms with Crippen molar-refractivity contribution in [2.75, 3.05) is 18.5 Å². The maximum absolute atomic E-state index is 13.1. The monoisotopic (exact) mass is 424 g/mol. The van der Waals surface area contributed by atoms with Gasteiger partial charge in [-0.1, -0.05) is 0 Å². The fourth-order valence-corrected chi connectivity index (χ4v) is 4.39. The average Bonchev–Trinajstić information content (AvgIpc) is 3.10. The molecule has 0 bridgehead atoms. The summed E-state index contributed by atoms with van der Waals surface area (Å²) in [5, 5.41) is 12.2. The van der Waals surface area contributed by atoms with E-state index in [-0.39, 0.29) is 23.8 Å². The largest absolute Gasteiger partial charge is 0.454 e. The van der Waals surface area contributed by atoms with Crippen molar-refractivity contribution in [1.82, 2.24) is 14.3 Å². The first kappa shape index (κ1) is 20.8. The molecule has 1 aromatic heterocycles. The number of halogens is 1. The van der Waals surface area contributed by atoms with E-state index in [1.54, 1.807) is 6.07 Å². The molecule has 0 spiro atoms. The van der Waals surface area contributed by atoms with Gasteiger partial charge in [0.15, 0.2) is 6.61 Å². The second-order valence-corrected chi connectivity index (χ2v) is 8.05. The Morgan fingerprint density at radius 2 is 1.90 bits per heavy atom. The van der Waals surface area contributed by atoms with Crippen LogP contribution in [0.2, 0.25) is 0 Å². The molecule has 1 amide bonds. The van der Waals surface area contributed by atoms with E-state index in [1.165, 1.54) is 12.4 Å². The first-order chi connectivity index (χ1) is 13.8. The van der Waals surface area contributed by atoms with Crippen molar-refractivity contribution in [3.8, 4) is 0 Å². The van der Waals surface area contributed by atoms with E-state index in [0.29, 0.717) is 0 Å². The van der Waals surface area contributed by atoms with Gasteiger partial charge in [0.2, 0.25) is 16.0 Å². The van der Waals surface area contributed by atoms with Crippen LogP contribution in [-0.2, 0) is 24.3 Å². The van der Waals surface area contributed by atoms with Crippen LogP contribution in [0, 0.1) is 5.82 Å². The molecule has 1 aromatic carbocycles. The first-order valence-corrected chi connectivity index (χ1v) is 9.90. The number of anilines is 1. The summed E-state index contributed by atoms with van der Waals surface area (Å²) < 4.78 is 44.3. The zero-order valence-electron chi connectivity index (χ0n) is 14.9. The standard InChI is InChI=1S/C17H17FN4O6S/c18-11-2-4-13(5-3-11)29(26,27)22-9-12(23)8-14(22)16(25)28-10-15(24)21-17-19-6-1-7-20-17/h1-7,12,14,23H,8-10H2,(H,19,20,21,24)/t12-,14-/m0/s1. The van der Waals surface area contributed by atoms with Crippen LogP contribution in [0.5, 0.6) is 0 Å². The van der Waals surface area contributed by atoms with Gasteiger partial charge >= 0.3 is 5.97 Å². The first-order valence-electron chi connectivity index (χ1n) is 8.46. The summed E-state index contributed by atoms with van der Waals surface area (Å²) in [6, 6.07) is 4.31. The molecule has 2 aromatic rings. The molecule has 2 heterocycles. The molecule has 0 radical (unpaired) electrons. The SMILES string of the molecule is O=C(COC(=O)[C@@H]1C[C@H](O)CN1S(=O)(=O)c1ccc(F)cc1)Nc1ncccn1. The van der Waals surface area contributed by atoms with Crippen LogP contribution < -0.4 is 5.32 Å². The Labute approximate surface area is 165 Å². The van der Waals surface area contributed by atoms with Gasteiger partial charge in [-0.25, -0.2) is 22.8 Å². The maximum Gasteiger partial charge on any atom is 0.325 e. The zero-order chi connectivity index (χ0) is 21.0. The van der Waals surface area contributed by atoms with E-state index in [2.05, 4.69) is 15.3 Å². The molecule has 3 rings (SSSR count). The number of aromatic nitrogens is 2. The minimum Gasteiger partial charge on any atom is -0.454 e. The summed E-state index contributed by atoms with van der Waals surface area (Å²) in [6.45, 7) is -1.02. The number of aliphatic hydroxyl groups excluding tert-OH is 1. The number of hydrogen-bond donors (Lipinski definition) is 2. The minimum atomic E-state index is -4.18. The molecular weight excluding hydrogens is 407 g/mol. The Morgan fingerprint density at radius 3 is 2.55 bits per heavy atom. The van der Waals surface area contributed by atoms with E-state index in [1.807, 2.05) is 0 Å². The Morgan fingerprint density at radius 1 is 1.24 bits per heavy atom. The number of sulfonamides is 1. The van der Waals surface area contributed by atoms with Crippen molar-refractivity contribution < 1.29 is 32.2 Å². The Hall–Kier alpha value is -2.96. The zero-order valence-corrected chi connectivity index (χ0v) is 15.8. The molecule has 10 nitrogen and oxygen atoms in total. The lowest BCUT2D eigenvalue weighted by Gasteiger charge is -2.22. The van der Waals surface area contributed by atoms with Crippen molar-refractivity contribution in [2.45, 2.75) is 23.5 Å². The van der Waals surface area contributed by atoms with Crippen molar-refractivity contribution in [1.29, 1.82) is 0 Å². The topological polar surface area (TPSA) is 139 Å². The van der Waals surface area contributed by atoms with Crippen molar-refractivity contribution in [3.63, 3.8) is 0 Å². The highest BCUT2D eigenvalue weighted by atomic mass is 32.2. The average molecular weight is 424 g/mol. The van der Waals surface area contributed by atoms with Gasteiger partial charge < -0.3 is 9.84 Å². The fourth-order valence-electron chi connectivity index (χ4n) is 2.76. The Kier molecular flexibility index (Phi) is 6.15. The third-order valence-electron chi connectivity index (χ3n) is 4.09. The van der Waals surface area contributed by atoms with Gasteiger partial charge in [0, 0.05) is 25.4 Å². The number of β-amino-alcohol motifs (C(OH)–C–C–N with tert-alkyl or cyclic N) is 1. The van der Waals surface area contributed by atoms with Crippen molar-refractivity contribution >= 4 is 27.8 Å². The van der Waals surface area contributed by atoms with Crippen LogP contribution in [0.15, 0.2) is 47.6 Å². The van der Waals surface area contributed by atoms with Crippen LogP contribution in [0.25, 0.3) is 0 Å². The number of hydrogen-bond acceptors (Lipinski definition) is 8. The van der Waals surface area contributed by atoms with Crippen LogP contribution in [0.3, 0.4) is 0 Å². The van der Waals surface area contributed by atoms with Crippen LogP contribution in [0.1, 0.15) is 6.42 Å². The fraction of sp³-hybridized carbons (Fsp3) is 0.294. The molecular formula is C17H17FN4O6S. The van der Waals surface area contributed by atoms with Gasteiger partial charge in [-0.2, -0.15) is 4.31 Å². The molecule has 0 aliphatic carbocycles. The summed E-state index contributed by atoms with van der Waals surface area (Å²) in [5.41, 5.74) is 0. The van der Waals surface area contributed by atoms with Crippen LogP contribution >= 0.6 is 0 Å². The van der Waals surface area contributed by atoms with Crippen LogP contribution in [0.4, 0.5) is 10.3 Å². The molecule has 154 valence electrons. The number of carbonyl (C=O) groups excluding carboxylic acids is 2. The molecule has 0 unspecified atom stereocenters. The summed E-state index contributed by atoms with van der Waals surface area (Å²) in [4.78, 5) is 31.6. The maximum atomic E-state index is 13.1. The van der Waals surface area contributed by atoms with E-state index in [4.69, 9.17) is 4.74 Å². The summed E-state index contributed by atoms with van der Waals surface area (Å²) in [7, 11) is -4.18. The predicted octanol–water partition coefficient (Wildman–Crippen LogP) is -0.0785. The van der Waals surface area contributed by atoms with E-state index < -0.39 is 46.5 Å². The summed E-state index contributed by atoms with van der Waals surface area (Å²) in [6.07, 6.45) is 1.54. The van der Waals surface area contributed by atoms with Gasteiger partial charge in [0.05, 0.1) is 11.0 Å². The van der Waals surface area contributed by atoms with Gasteiger partial charge in [-0.05, 0) is 30.3 Å². The number of ether oxygens (including phenoxy) is 1. The van der Waals surface area contributed by atoms with E-state index >= 15 is 0 Å². The molecule has 1 fully saturated rings. The molecule has 12 heteroatoms. The van der Waals surface area contributed by atoms with Gasteiger partial charge in [-0.15, -0.1) is 0 Å². The lowest BCUT2D eigenvalue weighted by molar-refractivity contribution is -0.150. The molecule has 29 heavy (non-hydrogen) atoms. The predicted molar refractivity (Wildman–Crippen MR) is 96.3 cm³/mol. The third kappa shape index (κ3) is 4.91. The molecule has 0 saturated carbocycles. The van der Waals surface area contributed by atoms with Gasteiger partial charge in [0.1, 0.15) is 11.9 Å². The third-order valence-corrected chi connectivity index (χ3v) is 5.98. The molecule has 2 N–H and O–H groups in total. The second kappa shape index (κ2) is 8.59. The summed E-state index contributed by atoms with van der Waals surface area (Å²) >= 11 is 0. The number of benzene rings is 1. The quantitative estimate of drug-likeness (QED) is 0.614. The van der Waals surface area contributed by atoms with Crippen molar-refractivity contribution in [3.05, 3.63) is 48.5 Å². The van der Waals surface area contributed by atoms with E-state index in [9.17, 15) is 27.5 Å². The number of nitrogens with zero attached hydrogens (tertiary/aromatic N) is 3. The summed E-state index contributed by atoms with van der Waals surface area (Å²) in [5.74, 6) is -2.30. The minimum absolute atomic E-state index is 0.0188. The van der Waals surface area contributed by atoms with Crippen LogP contribution in [-0.4, -0.2) is 65.0 Å². The Balaban J connectivity index is 1.67. The second-order valence-electron chi connectivity index (χ2n) is 6.16. The smallest absolute Gasteiger partial charge is 0.325 e. The highest BCUT2D eigenvalue weighted by Crippen LogP contribution is 2.27. The Bertz CT molecular complexity index is 987. The van der Waals surface area contributed by atoms with Crippen molar-refractivity contribution in [2.24, 2.45) is 0 Å².